The van der Waals surface area contributed by atoms with Crippen LogP contribution in [0.25, 0.3) is 0 Å². The van der Waals surface area contributed by atoms with Crippen LogP contribution in [-0.4, -0.2) is 17.7 Å². The largest absolute Gasteiger partial charge is 0.346 e. The summed E-state index contributed by atoms with van der Waals surface area (Å²) in [5, 5.41) is 0. The Hall–Kier alpha value is -2.17. The highest BCUT2D eigenvalue weighted by molar-refractivity contribution is 5.79. The summed E-state index contributed by atoms with van der Waals surface area (Å²) in [6, 6.07) is 10.4. The van der Waals surface area contributed by atoms with Crippen molar-refractivity contribution >= 4 is 17.2 Å². The maximum Gasteiger partial charge on any atom is 0.217 e. The van der Waals surface area contributed by atoms with Gasteiger partial charge >= 0.3 is 0 Å². The van der Waals surface area contributed by atoms with Crippen LogP contribution in [0.2, 0.25) is 0 Å². The molecule has 20 heavy (non-hydrogen) atoms. The van der Waals surface area contributed by atoms with Gasteiger partial charge in [-0.25, -0.2) is 4.39 Å². The first-order valence-electron chi connectivity index (χ1n) is 6.53. The van der Waals surface area contributed by atoms with Gasteiger partial charge in [0, 0.05) is 17.8 Å². The second-order valence-electron chi connectivity index (χ2n) is 5.07. The Bertz CT molecular complexity index is 629. The number of pyridine rings is 1. The van der Waals surface area contributed by atoms with Crippen molar-refractivity contribution in [3.8, 4) is 0 Å². The van der Waals surface area contributed by atoms with Crippen LogP contribution in [0.1, 0.15) is 13.8 Å². The van der Waals surface area contributed by atoms with Crippen molar-refractivity contribution in [3.05, 3.63) is 48.2 Å². The number of rotatable bonds is 2. The van der Waals surface area contributed by atoms with Crippen LogP contribution >= 0.6 is 0 Å². The molecular weight excluding hydrogens is 260 g/mol. The molecule has 0 atom stereocenters. The van der Waals surface area contributed by atoms with Gasteiger partial charge in [-0.3, -0.25) is 0 Å². The van der Waals surface area contributed by atoms with Gasteiger partial charge in [0.1, 0.15) is 5.69 Å². The number of hydrogen-bond donors (Lipinski definition) is 0. The molecule has 1 aromatic heterocycles. The maximum absolute atomic E-state index is 14.1. The zero-order chi connectivity index (χ0) is 14.3. The van der Waals surface area contributed by atoms with Crippen molar-refractivity contribution in [2.45, 2.75) is 19.9 Å². The summed E-state index contributed by atoms with van der Waals surface area (Å²) in [6.45, 7) is 4.41. The van der Waals surface area contributed by atoms with E-state index in [1.165, 1.54) is 0 Å². The lowest BCUT2D eigenvalue weighted by atomic mass is 10.2. The molecule has 104 valence electrons. The fraction of sp³-hybridized carbons (Fsp3) is 0.267. The van der Waals surface area contributed by atoms with E-state index in [2.05, 4.69) is 4.98 Å². The standard InChI is InChI=1S/C15H15F2N3/c1-10(2)19-9-20(11-6-4-3-5-7-11)15-14(19)12(16)8-13(17)18-15/h3-8,10H,9H2,1-2H3. The number of para-hydroxylation sites is 1. The first-order valence-corrected chi connectivity index (χ1v) is 6.53. The lowest BCUT2D eigenvalue weighted by molar-refractivity contribution is 0.553. The zero-order valence-electron chi connectivity index (χ0n) is 11.3. The lowest BCUT2D eigenvalue weighted by Crippen LogP contribution is -2.33. The summed E-state index contributed by atoms with van der Waals surface area (Å²) in [5.41, 5.74) is 1.24. The Morgan fingerprint density at radius 2 is 1.85 bits per heavy atom. The molecule has 0 radical (unpaired) electrons. The number of aromatic nitrogens is 1. The summed E-state index contributed by atoms with van der Waals surface area (Å²) in [6.07, 6.45) is 0. The van der Waals surface area contributed by atoms with E-state index in [1.54, 1.807) is 0 Å². The van der Waals surface area contributed by atoms with Crippen LogP contribution in [0.4, 0.5) is 26.0 Å². The highest BCUT2D eigenvalue weighted by atomic mass is 19.1. The third-order valence-corrected chi connectivity index (χ3v) is 3.42. The molecule has 1 aromatic carbocycles. The van der Waals surface area contributed by atoms with Crippen molar-refractivity contribution in [2.75, 3.05) is 16.5 Å². The van der Waals surface area contributed by atoms with Gasteiger partial charge in [-0.15, -0.1) is 0 Å². The molecule has 0 saturated carbocycles. The van der Waals surface area contributed by atoms with Crippen LogP contribution in [0.15, 0.2) is 36.4 Å². The molecule has 0 spiro atoms. The molecule has 0 fully saturated rings. The normalized spacial score (nSPS) is 14.1. The highest BCUT2D eigenvalue weighted by Gasteiger charge is 2.33. The van der Waals surface area contributed by atoms with Crippen LogP contribution in [0.3, 0.4) is 0 Å². The summed E-state index contributed by atoms with van der Waals surface area (Å²) >= 11 is 0. The van der Waals surface area contributed by atoms with Crippen molar-refractivity contribution in [1.82, 2.24) is 4.98 Å². The molecule has 5 heteroatoms. The minimum atomic E-state index is -0.798. The minimum Gasteiger partial charge on any atom is -0.346 e. The summed E-state index contributed by atoms with van der Waals surface area (Å²) in [7, 11) is 0. The summed E-state index contributed by atoms with van der Waals surface area (Å²) in [5.74, 6) is -1.03. The van der Waals surface area contributed by atoms with Gasteiger partial charge in [-0.2, -0.15) is 9.37 Å². The Balaban J connectivity index is 2.14. The fourth-order valence-corrected chi connectivity index (χ4v) is 2.44. The average Bonchev–Trinajstić information content (AvgIpc) is 2.79. The number of halogens is 2. The number of benzene rings is 1. The van der Waals surface area contributed by atoms with Gasteiger partial charge in [0.05, 0.1) is 6.67 Å². The molecule has 1 aliphatic rings. The third-order valence-electron chi connectivity index (χ3n) is 3.42. The topological polar surface area (TPSA) is 19.4 Å². The molecular formula is C15H15F2N3. The molecule has 1 aliphatic heterocycles. The monoisotopic (exact) mass is 275 g/mol. The molecule has 3 rings (SSSR count). The van der Waals surface area contributed by atoms with Crippen molar-refractivity contribution in [1.29, 1.82) is 0 Å². The number of hydrogen-bond acceptors (Lipinski definition) is 3. The van der Waals surface area contributed by atoms with Crippen LogP contribution < -0.4 is 9.80 Å². The first-order chi connectivity index (χ1) is 9.58. The summed E-state index contributed by atoms with van der Waals surface area (Å²) in [4.78, 5) is 7.58. The van der Waals surface area contributed by atoms with E-state index in [0.717, 1.165) is 11.8 Å². The van der Waals surface area contributed by atoms with Gasteiger partial charge < -0.3 is 9.80 Å². The second-order valence-corrected chi connectivity index (χ2v) is 5.07. The molecule has 0 bridgehead atoms. The third kappa shape index (κ3) is 1.99. The van der Waals surface area contributed by atoms with Gasteiger partial charge in [0.15, 0.2) is 11.6 Å². The number of nitrogens with zero attached hydrogens (tertiary/aromatic N) is 3. The Kier molecular flexibility index (Phi) is 3.04. The number of fused-ring (bicyclic) bond motifs is 1. The van der Waals surface area contributed by atoms with E-state index >= 15 is 0 Å². The van der Waals surface area contributed by atoms with Crippen LogP contribution in [0, 0.1) is 11.8 Å². The molecule has 0 unspecified atom stereocenters. The molecule has 2 aromatic rings. The van der Waals surface area contributed by atoms with Gasteiger partial charge in [0.2, 0.25) is 5.95 Å². The Morgan fingerprint density at radius 3 is 2.50 bits per heavy atom. The van der Waals surface area contributed by atoms with E-state index in [0.29, 0.717) is 18.2 Å². The fourth-order valence-electron chi connectivity index (χ4n) is 2.44. The van der Waals surface area contributed by atoms with E-state index in [9.17, 15) is 8.78 Å². The first kappa shape index (κ1) is 12.8. The van der Waals surface area contributed by atoms with E-state index < -0.39 is 11.8 Å². The number of anilines is 3. The van der Waals surface area contributed by atoms with E-state index in [-0.39, 0.29) is 6.04 Å². The van der Waals surface area contributed by atoms with Crippen LogP contribution in [-0.2, 0) is 0 Å². The molecule has 0 saturated heterocycles. The predicted octanol–water partition coefficient (Wildman–Crippen LogP) is 3.68. The molecule has 0 N–H and O–H groups in total. The lowest BCUT2D eigenvalue weighted by Gasteiger charge is -2.24. The summed E-state index contributed by atoms with van der Waals surface area (Å²) < 4.78 is 27.5. The molecule has 2 heterocycles. The smallest absolute Gasteiger partial charge is 0.217 e. The quantitative estimate of drug-likeness (QED) is 0.779. The van der Waals surface area contributed by atoms with Gasteiger partial charge in [0.25, 0.3) is 0 Å². The maximum atomic E-state index is 14.1. The van der Waals surface area contributed by atoms with Crippen molar-refractivity contribution in [2.24, 2.45) is 0 Å². The zero-order valence-corrected chi connectivity index (χ0v) is 11.3. The second kappa shape index (κ2) is 4.74. The highest BCUT2D eigenvalue weighted by Crippen LogP contribution is 2.41. The van der Waals surface area contributed by atoms with Gasteiger partial charge in [-0.1, -0.05) is 18.2 Å². The SMILES string of the molecule is CC(C)N1CN(c2ccccc2)c2nc(F)cc(F)c21. The minimum absolute atomic E-state index is 0.101. The molecule has 3 nitrogen and oxygen atoms in total. The Morgan fingerprint density at radius 1 is 1.15 bits per heavy atom. The van der Waals surface area contributed by atoms with E-state index in [4.69, 9.17) is 0 Å². The van der Waals surface area contributed by atoms with Gasteiger partial charge in [-0.05, 0) is 26.0 Å². The molecule has 0 aliphatic carbocycles. The molecule has 0 amide bonds. The van der Waals surface area contributed by atoms with E-state index in [1.807, 2.05) is 54.0 Å². The van der Waals surface area contributed by atoms with Crippen molar-refractivity contribution < 1.29 is 8.78 Å². The van der Waals surface area contributed by atoms with Crippen molar-refractivity contribution in [3.63, 3.8) is 0 Å². The average molecular weight is 275 g/mol. The van der Waals surface area contributed by atoms with Crippen LogP contribution in [0.5, 0.6) is 0 Å². The Labute approximate surface area is 116 Å². The predicted molar refractivity (Wildman–Crippen MR) is 75.2 cm³/mol.